The van der Waals surface area contributed by atoms with Crippen LogP contribution >= 0.6 is 0 Å². The molecule has 1 heterocycles. The van der Waals surface area contributed by atoms with Crippen molar-refractivity contribution in [2.24, 2.45) is 5.92 Å². The third-order valence-corrected chi connectivity index (χ3v) is 4.64. The maximum Gasteiger partial charge on any atom is 0.188 e. The number of hydrogen-bond acceptors (Lipinski definition) is 4. The topological polar surface area (TPSA) is 58.9 Å². The van der Waals surface area contributed by atoms with Gasteiger partial charge in [-0.2, -0.15) is 0 Å². The van der Waals surface area contributed by atoms with E-state index in [2.05, 4.69) is 6.08 Å². The molecule has 1 aliphatic carbocycles. The van der Waals surface area contributed by atoms with Gasteiger partial charge in [-0.15, -0.1) is 0 Å². The maximum absolute atomic E-state index is 10.4. The van der Waals surface area contributed by atoms with E-state index in [-0.39, 0.29) is 17.8 Å². The number of fused-ring (bicyclic) bond motifs is 1. The average Bonchev–Trinajstić information content (AvgIpc) is 2.43. The highest BCUT2D eigenvalue weighted by Gasteiger charge is 2.49. The first-order valence-electron chi connectivity index (χ1n) is 7.36. The van der Waals surface area contributed by atoms with Crippen LogP contribution in [0.5, 0.6) is 5.75 Å². The fourth-order valence-electron chi connectivity index (χ4n) is 3.25. The highest BCUT2D eigenvalue weighted by atomic mass is 16.7. The number of para-hydroxylation sites is 1. The van der Waals surface area contributed by atoms with Gasteiger partial charge in [-0.3, -0.25) is 0 Å². The fraction of sp³-hybridized carbons (Fsp3) is 0.529. The van der Waals surface area contributed by atoms with Crippen molar-refractivity contribution in [3.8, 4) is 5.75 Å². The molecule has 1 aliphatic heterocycles. The molecule has 0 aromatic heterocycles. The van der Waals surface area contributed by atoms with E-state index < -0.39 is 18.0 Å². The molecule has 1 aromatic carbocycles. The summed E-state index contributed by atoms with van der Waals surface area (Å²) in [6.45, 7) is 5.95. The highest BCUT2D eigenvalue weighted by molar-refractivity contribution is 5.33. The first-order valence-corrected chi connectivity index (χ1v) is 7.36. The molecule has 0 amide bonds. The Morgan fingerprint density at radius 3 is 2.67 bits per heavy atom. The molecule has 4 atom stereocenters. The van der Waals surface area contributed by atoms with Crippen LogP contribution in [0.15, 0.2) is 35.9 Å². The van der Waals surface area contributed by atoms with Crippen molar-refractivity contribution in [3.63, 3.8) is 0 Å². The number of aliphatic hydroxyl groups excluding tert-OH is 1. The van der Waals surface area contributed by atoms with E-state index in [0.29, 0.717) is 5.56 Å². The van der Waals surface area contributed by atoms with Crippen molar-refractivity contribution >= 4 is 0 Å². The minimum atomic E-state index is -0.664. The number of aromatic hydroxyl groups is 1. The lowest BCUT2D eigenvalue weighted by atomic mass is 9.75. The number of phenols is 1. The van der Waals surface area contributed by atoms with Crippen LogP contribution in [-0.2, 0) is 9.47 Å². The molecule has 1 fully saturated rings. The van der Waals surface area contributed by atoms with Gasteiger partial charge in [0.05, 0.1) is 11.7 Å². The van der Waals surface area contributed by atoms with Crippen LogP contribution in [0.25, 0.3) is 0 Å². The minimum Gasteiger partial charge on any atom is -0.507 e. The summed E-state index contributed by atoms with van der Waals surface area (Å²) in [7, 11) is 0. The van der Waals surface area contributed by atoms with Gasteiger partial charge < -0.3 is 19.7 Å². The fourth-order valence-corrected chi connectivity index (χ4v) is 3.25. The molecule has 0 saturated carbocycles. The second-order valence-electron chi connectivity index (χ2n) is 6.45. The molecule has 1 aromatic rings. The molecule has 0 unspecified atom stereocenters. The van der Waals surface area contributed by atoms with Crippen LogP contribution in [0.3, 0.4) is 0 Å². The molecule has 2 aliphatic rings. The Hall–Kier alpha value is -1.36. The number of aliphatic hydroxyl groups is 1. The van der Waals surface area contributed by atoms with E-state index in [1.807, 2.05) is 26.8 Å². The summed E-state index contributed by atoms with van der Waals surface area (Å²) in [6.07, 6.45) is 1.28. The van der Waals surface area contributed by atoms with Crippen LogP contribution in [0.4, 0.5) is 0 Å². The van der Waals surface area contributed by atoms with Crippen molar-refractivity contribution in [2.45, 2.75) is 51.3 Å². The zero-order valence-electron chi connectivity index (χ0n) is 12.6. The second-order valence-corrected chi connectivity index (χ2v) is 6.45. The Bertz CT molecular complexity index is 564. The highest BCUT2D eigenvalue weighted by Crippen LogP contribution is 2.46. The van der Waals surface area contributed by atoms with Gasteiger partial charge in [0.1, 0.15) is 11.9 Å². The number of hydrogen-bond donors (Lipinski definition) is 2. The van der Waals surface area contributed by atoms with Crippen LogP contribution in [-0.4, -0.2) is 28.0 Å². The number of benzene rings is 1. The molecule has 3 rings (SSSR count). The van der Waals surface area contributed by atoms with Gasteiger partial charge in [0, 0.05) is 11.5 Å². The Labute approximate surface area is 125 Å². The molecule has 0 bridgehead atoms. The summed E-state index contributed by atoms with van der Waals surface area (Å²) >= 11 is 0. The Morgan fingerprint density at radius 1 is 1.24 bits per heavy atom. The van der Waals surface area contributed by atoms with Gasteiger partial charge in [-0.1, -0.05) is 24.3 Å². The van der Waals surface area contributed by atoms with Crippen LogP contribution in [0, 0.1) is 5.92 Å². The molecule has 4 heteroatoms. The Kier molecular flexibility index (Phi) is 3.56. The standard InChI is InChI=1S/C17H22O4/c1-10-8-9-12-15(14(10)19)20-16(21-17(12,2)3)11-6-4-5-7-13(11)18/h4-8,12,14-16,18-19H,9H2,1-3H3/t12-,14+,15-,16+/m1/s1. The normalized spacial score (nSPS) is 35.0. The molecule has 2 N–H and O–H groups in total. The van der Waals surface area contributed by atoms with Gasteiger partial charge in [-0.05, 0) is 38.8 Å². The molecule has 1 saturated heterocycles. The van der Waals surface area contributed by atoms with Gasteiger partial charge in [0.15, 0.2) is 6.29 Å². The molecule has 21 heavy (non-hydrogen) atoms. The molecular weight excluding hydrogens is 268 g/mol. The first-order chi connectivity index (χ1) is 9.90. The van der Waals surface area contributed by atoms with E-state index in [1.54, 1.807) is 18.2 Å². The lowest BCUT2D eigenvalue weighted by Gasteiger charge is -2.50. The number of allylic oxidation sites excluding steroid dienone is 1. The van der Waals surface area contributed by atoms with Gasteiger partial charge in [0.25, 0.3) is 0 Å². The number of ether oxygens (including phenoxy) is 2. The largest absolute Gasteiger partial charge is 0.507 e. The molecule has 0 radical (unpaired) electrons. The second kappa shape index (κ2) is 5.13. The average molecular weight is 290 g/mol. The first kappa shape index (κ1) is 14.6. The quantitative estimate of drug-likeness (QED) is 0.781. The van der Waals surface area contributed by atoms with Crippen molar-refractivity contribution in [2.75, 3.05) is 0 Å². The summed E-state index contributed by atoms with van der Waals surface area (Å²) in [5.74, 6) is 0.243. The van der Waals surface area contributed by atoms with Crippen molar-refractivity contribution in [1.82, 2.24) is 0 Å². The van der Waals surface area contributed by atoms with E-state index >= 15 is 0 Å². The number of phenolic OH excluding ortho intramolecular Hbond substituents is 1. The predicted molar refractivity (Wildman–Crippen MR) is 78.8 cm³/mol. The van der Waals surface area contributed by atoms with Crippen LogP contribution < -0.4 is 0 Å². The van der Waals surface area contributed by atoms with Gasteiger partial charge >= 0.3 is 0 Å². The molecule has 114 valence electrons. The molecule has 0 spiro atoms. The smallest absolute Gasteiger partial charge is 0.188 e. The summed E-state index contributed by atoms with van der Waals surface area (Å²) < 4.78 is 12.1. The Balaban J connectivity index is 1.94. The molecule has 4 nitrogen and oxygen atoms in total. The maximum atomic E-state index is 10.4. The molecular formula is C17H22O4. The van der Waals surface area contributed by atoms with Gasteiger partial charge in [-0.25, -0.2) is 0 Å². The van der Waals surface area contributed by atoms with Crippen molar-refractivity contribution < 1.29 is 19.7 Å². The number of rotatable bonds is 1. The third-order valence-electron chi connectivity index (χ3n) is 4.64. The lowest BCUT2D eigenvalue weighted by molar-refractivity contribution is -0.318. The van der Waals surface area contributed by atoms with Crippen molar-refractivity contribution in [1.29, 1.82) is 0 Å². The summed E-state index contributed by atoms with van der Waals surface area (Å²) in [5.41, 5.74) is 1.10. The predicted octanol–water partition coefficient (Wildman–Crippen LogP) is 2.91. The van der Waals surface area contributed by atoms with E-state index in [9.17, 15) is 10.2 Å². The zero-order chi connectivity index (χ0) is 15.2. The summed E-state index contributed by atoms with van der Waals surface area (Å²) in [5, 5.41) is 20.4. The monoisotopic (exact) mass is 290 g/mol. The van der Waals surface area contributed by atoms with E-state index in [0.717, 1.165) is 12.0 Å². The zero-order valence-corrected chi connectivity index (χ0v) is 12.6. The summed E-state index contributed by atoms with van der Waals surface area (Å²) in [6, 6.07) is 7.00. The minimum absolute atomic E-state index is 0.0957. The van der Waals surface area contributed by atoms with E-state index in [4.69, 9.17) is 9.47 Å². The summed E-state index contributed by atoms with van der Waals surface area (Å²) in [4.78, 5) is 0. The Morgan fingerprint density at radius 2 is 1.95 bits per heavy atom. The van der Waals surface area contributed by atoms with Crippen LogP contribution in [0.1, 0.15) is 39.0 Å². The van der Waals surface area contributed by atoms with Crippen LogP contribution in [0.2, 0.25) is 0 Å². The van der Waals surface area contributed by atoms with E-state index in [1.165, 1.54) is 0 Å². The van der Waals surface area contributed by atoms with Crippen molar-refractivity contribution in [3.05, 3.63) is 41.5 Å². The lowest BCUT2D eigenvalue weighted by Crippen LogP contribution is -2.55. The van der Waals surface area contributed by atoms with Gasteiger partial charge in [0.2, 0.25) is 0 Å². The third kappa shape index (κ3) is 2.48. The SMILES string of the molecule is CC1=CC[C@@H]2[C@@H](O[C@H](c3ccccc3O)OC2(C)C)[C@H]1O.